The van der Waals surface area contributed by atoms with Gasteiger partial charge in [-0.15, -0.1) is 0 Å². The lowest BCUT2D eigenvalue weighted by Crippen LogP contribution is -2.18. The molecule has 0 aliphatic carbocycles. The Morgan fingerprint density at radius 1 is 0.923 bits per heavy atom. The summed E-state index contributed by atoms with van der Waals surface area (Å²) in [6.45, 7) is 0. The summed E-state index contributed by atoms with van der Waals surface area (Å²) in [4.78, 5) is 24.9. The highest BCUT2D eigenvalue weighted by molar-refractivity contribution is 9.10. The molecule has 0 aliphatic rings. The molecule has 4 nitrogen and oxygen atoms in total. The van der Waals surface area contributed by atoms with E-state index in [4.69, 9.17) is 16.3 Å². The first-order valence-corrected chi connectivity index (χ1v) is 8.84. The van der Waals surface area contributed by atoms with E-state index in [0.717, 1.165) is 4.47 Å². The summed E-state index contributed by atoms with van der Waals surface area (Å²) < 4.78 is 6.23. The van der Waals surface area contributed by atoms with Gasteiger partial charge in [-0.05, 0) is 42.5 Å². The van der Waals surface area contributed by atoms with Crippen molar-refractivity contribution < 1.29 is 14.3 Å². The van der Waals surface area contributed by atoms with Gasteiger partial charge in [0.1, 0.15) is 5.75 Å². The Hall–Kier alpha value is -2.63. The Balaban J connectivity index is 1.82. The van der Waals surface area contributed by atoms with Crippen LogP contribution < -0.4 is 10.1 Å². The maximum absolute atomic E-state index is 12.7. The van der Waals surface area contributed by atoms with Gasteiger partial charge in [0.05, 0.1) is 5.56 Å². The number of carbonyl (C=O) groups is 2. The zero-order valence-electron chi connectivity index (χ0n) is 13.4. The Morgan fingerprint density at radius 3 is 2.31 bits per heavy atom. The van der Waals surface area contributed by atoms with Gasteiger partial charge in [0.25, 0.3) is 0 Å². The SMILES string of the molecule is O=C(Nc1ccc(Br)cc1)Oc1ccc(Cl)cc1C(=O)c1ccccc1. The van der Waals surface area contributed by atoms with Crippen molar-refractivity contribution in [2.24, 2.45) is 0 Å². The van der Waals surface area contributed by atoms with E-state index in [1.54, 1.807) is 54.6 Å². The maximum Gasteiger partial charge on any atom is 0.417 e. The molecule has 0 spiro atoms. The quantitative estimate of drug-likeness (QED) is 0.521. The number of halogens is 2. The fraction of sp³-hybridized carbons (Fsp3) is 0. The van der Waals surface area contributed by atoms with Gasteiger partial charge < -0.3 is 4.74 Å². The van der Waals surface area contributed by atoms with E-state index in [1.807, 2.05) is 6.07 Å². The van der Waals surface area contributed by atoms with Crippen LogP contribution in [-0.4, -0.2) is 11.9 Å². The number of rotatable bonds is 4. The number of amides is 1. The monoisotopic (exact) mass is 429 g/mol. The molecular formula is C20H13BrClNO3. The second kappa shape index (κ2) is 8.17. The molecule has 0 heterocycles. The van der Waals surface area contributed by atoms with E-state index in [2.05, 4.69) is 21.2 Å². The zero-order chi connectivity index (χ0) is 18.5. The highest BCUT2D eigenvalue weighted by Crippen LogP contribution is 2.26. The van der Waals surface area contributed by atoms with Gasteiger partial charge in [-0.1, -0.05) is 57.9 Å². The number of anilines is 1. The maximum atomic E-state index is 12.7. The van der Waals surface area contributed by atoms with Crippen LogP contribution in [0.25, 0.3) is 0 Å². The predicted octanol–water partition coefficient (Wildman–Crippen LogP) is 5.94. The molecule has 1 amide bonds. The van der Waals surface area contributed by atoms with Crippen LogP contribution in [0.5, 0.6) is 5.75 Å². The van der Waals surface area contributed by atoms with Gasteiger partial charge in [-0.3, -0.25) is 10.1 Å². The number of hydrogen-bond donors (Lipinski definition) is 1. The minimum Gasteiger partial charge on any atom is -0.409 e. The highest BCUT2D eigenvalue weighted by atomic mass is 79.9. The van der Waals surface area contributed by atoms with Gasteiger partial charge >= 0.3 is 6.09 Å². The summed E-state index contributed by atoms with van der Waals surface area (Å²) in [6.07, 6.45) is -0.697. The van der Waals surface area contributed by atoms with Gasteiger partial charge in [0.2, 0.25) is 0 Å². The number of ether oxygens (including phenoxy) is 1. The molecule has 0 saturated carbocycles. The molecule has 3 aromatic carbocycles. The molecule has 0 bridgehead atoms. The zero-order valence-corrected chi connectivity index (χ0v) is 15.8. The molecular weight excluding hydrogens is 418 g/mol. The van der Waals surface area contributed by atoms with Gasteiger partial charge in [0.15, 0.2) is 5.78 Å². The molecule has 3 rings (SSSR count). The fourth-order valence-electron chi connectivity index (χ4n) is 2.29. The van der Waals surface area contributed by atoms with Crippen LogP contribution in [0.1, 0.15) is 15.9 Å². The van der Waals surface area contributed by atoms with Crippen LogP contribution in [-0.2, 0) is 0 Å². The molecule has 0 aromatic heterocycles. The third-order valence-corrected chi connectivity index (χ3v) is 4.28. The van der Waals surface area contributed by atoms with Crippen LogP contribution in [0.4, 0.5) is 10.5 Å². The Kier molecular flexibility index (Phi) is 5.71. The summed E-state index contributed by atoms with van der Waals surface area (Å²) in [5.41, 5.74) is 1.27. The van der Waals surface area contributed by atoms with Gasteiger partial charge in [-0.25, -0.2) is 4.79 Å². The Labute approximate surface area is 163 Å². The summed E-state index contributed by atoms with van der Waals surface area (Å²) in [6, 6.07) is 20.3. The number of nitrogens with one attached hydrogen (secondary N) is 1. The summed E-state index contributed by atoms with van der Waals surface area (Å²) in [7, 11) is 0. The minimum atomic E-state index is -0.697. The molecule has 26 heavy (non-hydrogen) atoms. The Morgan fingerprint density at radius 2 is 1.62 bits per heavy atom. The molecule has 0 fully saturated rings. The van der Waals surface area contributed by atoms with E-state index >= 15 is 0 Å². The topological polar surface area (TPSA) is 55.4 Å². The summed E-state index contributed by atoms with van der Waals surface area (Å²) in [5, 5.41) is 2.99. The second-order valence-corrected chi connectivity index (χ2v) is 6.71. The van der Waals surface area contributed by atoms with Gasteiger partial charge in [-0.2, -0.15) is 0 Å². The van der Waals surface area contributed by atoms with Crippen molar-refractivity contribution in [2.75, 3.05) is 5.32 Å². The molecule has 0 saturated heterocycles. The first-order chi connectivity index (χ1) is 12.5. The molecule has 1 N–H and O–H groups in total. The minimum absolute atomic E-state index is 0.137. The van der Waals surface area contributed by atoms with Crippen molar-refractivity contribution in [3.05, 3.63) is 93.4 Å². The molecule has 6 heteroatoms. The van der Waals surface area contributed by atoms with E-state index < -0.39 is 6.09 Å². The summed E-state index contributed by atoms with van der Waals surface area (Å²) in [5.74, 6) is -0.141. The van der Waals surface area contributed by atoms with E-state index in [-0.39, 0.29) is 17.1 Å². The third kappa shape index (κ3) is 4.50. The highest BCUT2D eigenvalue weighted by Gasteiger charge is 2.17. The van der Waals surface area contributed by atoms with Crippen LogP contribution in [0.2, 0.25) is 5.02 Å². The predicted molar refractivity (Wildman–Crippen MR) is 105 cm³/mol. The molecule has 0 unspecified atom stereocenters. The number of ketones is 1. The number of hydrogen-bond acceptors (Lipinski definition) is 3. The second-order valence-electron chi connectivity index (χ2n) is 5.36. The number of carbonyl (C=O) groups excluding carboxylic acids is 2. The lowest BCUT2D eigenvalue weighted by molar-refractivity contribution is 0.103. The van der Waals surface area contributed by atoms with Crippen molar-refractivity contribution in [3.8, 4) is 5.75 Å². The van der Waals surface area contributed by atoms with Crippen molar-refractivity contribution >= 4 is 45.1 Å². The Bertz CT molecular complexity index is 943. The van der Waals surface area contributed by atoms with Crippen molar-refractivity contribution in [2.45, 2.75) is 0 Å². The average Bonchev–Trinajstić information content (AvgIpc) is 2.65. The van der Waals surface area contributed by atoms with Crippen molar-refractivity contribution in [1.29, 1.82) is 0 Å². The average molecular weight is 431 g/mol. The van der Waals surface area contributed by atoms with Crippen molar-refractivity contribution in [1.82, 2.24) is 0 Å². The summed E-state index contributed by atoms with van der Waals surface area (Å²) >= 11 is 9.34. The van der Waals surface area contributed by atoms with E-state index in [1.165, 1.54) is 12.1 Å². The molecule has 0 radical (unpaired) electrons. The van der Waals surface area contributed by atoms with Crippen LogP contribution in [0, 0.1) is 0 Å². The van der Waals surface area contributed by atoms with E-state index in [0.29, 0.717) is 16.3 Å². The van der Waals surface area contributed by atoms with Crippen LogP contribution in [0.15, 0.2) is 77.3 Å². The largest absolute Gasteiger partial charge is 0.417 e. The van der Waals surface area contributed by atoms with Crippen LogP contribution in [0.3, 0.4) is 0 Å². The first kappa shape index (κ1) is 18.2. The standard InChI is InChI=1S/C20H13BrClNO3/c21-14-6-9-16(10-7-14)23-20(25)26-18-11-8-15(22)12-17(18)19(24)13-4-2-1-3-5-13/h1-12H,(H,23,25). The third-order valence-electron chi connectivity index (χ3n) is 3.52. The van der Waals surface area contributed by atoms with Crippen molar-refractivity contribution in [3.63, 3.8) is 0 Å². The van der Waals surface area contributed by atoms with Crippen LogP contribution >= 0.6 is 27.5 Å². The molecule has 130 valence electrons. The van der Waals surface area contributed by atoms with Gasteiger partial charge in [0, 0.05) is 20.7 Å². The fourth-order valence-corrected chi connectivity index (χ4v) is 2.73. The lowest BCUT2D eigenvalue weighted by atomic mass is 10.0. The lowest BCUT2D eigenvalue weighted by Gasteiger charge is -2.11. The van der Waals surface area contributed by atoms with E-state index in [9.17, 15) is 9.59 Å². The smallest absolute Gasteiger partial charge is 0.409 e. The normalized spacial score (nSPS) is 10.2. The first-order valence-electron chi connectivity index (χ1n) is 7.66. The molecule has 0 atom stereocenters. The molecule has 0 aliphatic heterocycles. The number of benzene rings is 3. The molecule has 3 aromatic rings.